The Bertz CT molecular complexity index is 1230. The van der Waals surface area contributed by atoms with Crippen molar-refractivity contribution in [2.24, 2.45) is 0 Å². The number of rotatable bonds is 6. The number of aromatic amines is 1. The molecule has 0 radical (unpaired) electrons. The molecule has 1 atom stereocenters. The lowest BCUT2D eigenvalue weighted by atomic mass is 9.91. The van der Waals surface area contributed by atoms with Crippen molar-refractivity contribution in [3.63, 3.8) is 0 Å². The van der Waals surface area contributed by atoms with Gasteiger partial charge >= 0.3 is 0 Å². The minimum atomic E-state index is -0.629. The van der Waals surface area contributed by atoms with Crippen LogP contribution < -0.4 is 4.74 Å². The summed E-state index contributed by atoms with van der Waals surface area (Å²) in [7, 11) is 0. The summed E-state index contributed by atoms with van der Waals surface area (Å²) in [5.74, 6) is -0.584. The topological polar surface area (TPSA) is 82.6 Å². The second-order valence-electron chi connectivity index (χ2n) is 9.16. The molecule has 1 aliphatic heterocycles. The van der Waals surface area contributed by atoms with Gasteiger partial charge < -0.3 is 19.7 Å². The number of amides is 1. The van der Waals surface area contributed by atoms with E-state index in [9.17, 15) is 14.7 Å². The van der Waals surface area contributed by atoms with Crippen LogP contribution in [0.15, 0.2) is 60.3 Å². The zero-order valence-corrected chi connectivity index (χ0v) is 19.4. The zero-order chi connectivity index (χ0) is 23.7. The quantitative estimate of drug-likeness (QED) is 0.282. The van der Waals surface area contributed by atoms with Crippen LogP contribution in [0.3, 0.4) is 0 Å². The van der Waals surface area contributed by atoms with Crippen LogP contribution >= 0.6 is 0 Å². The minimum absolute atomic E-state index is 0.0148. The van der Waals surface area contributed by atoms with Crippen LogP contribution in [-0.4, -0.2) is 39.3 Å². The number of hydrogen-bond donors (Lipinski definition) is 2. The van der Waals surface area contributed by atoms with Crippen LogP contribution in [0.4, 0.5) is 0 Å². The molecule has 1 aromatic heterocycles. The Balaban J connectivity index is 1.63. The molecule has 2 aliphatic rings. The average molecular weight is 459 g/mol. The second kappa shape index (κ2) is 9.37. The fourth-order valence-corrected chi connectivity index (χ4v) is 5.30. The van der Waals surface area contributed by atoms with E-state index in [-0.39, 0.29) is 17.4 Å². The van der Waals surface area contributed by atoms with E-state index in [1.54, 1.807) is 29.2 Å². The Morgan fingerprint density at radius 2 is 1.79 bits per heavy atom. The highest BCUT2D eigenvalue weighted by molar-refractivity contribution is 6.46. The number of hydrogen-bond acceptors (Lipinski definition) is 4. The molecule has 6 heteroatoms. The molecule has 0 spiro atoms. The van der Waals surface area contributed by atoms with Gasteiger partial charge in [-0.25, -0.2) is 0 Å². The van der Waals surface area contributed by atoms with Gasteiger partial charge in [-0.15, -0.1) is 0 Å². The number of benzene rings is 2. The van der Waals surface area contributed by atoms with Gasteiger partial charge in [0.2, 0.25) is 0 Å². The monoisotopic (exact) mass is 458 g/mol. The number of likely N-dealkylation sites (tertiary alicyclic amines) is 1. The van der Waals surface area contributed by atoms with Crippen molar-refractivity contribution in [1.82, 2.24) is 9.88 Å². The highest BCUT2D eigenvalue weighted by atomic mass is 16.5. The van der Waals surface area contributed by atoms with Crippen molar-refractivity contribution in [2.45, 2.75) is 57.5 Å². The first-order chi connectivity index (χ1) is 16.6. The number of carbonyl (C=O) groups is 2. The Kier molecular flexibility index (Phi) is 6.14. The number of para-hydroxylation sites is 1. The van der Waals surface area contributed by atoms with Crippen LogP contribution in [0.2, 0.25) is 0 Å². The normalized spacial score (nSPS) is 20.9. The number of ketones is 1. The molecule has 1 saturated carbocycles. The molecule has 2 N–H and O–H groups in total. The van der Waals surface area contributed by atoms with E-state index in [1.807, 2.05) is 37.4 Å². The van der Waals surface area contributed by atoms with Gasteiger partial charge in [-0.3, -0.25) is 9.59 Å². The predicted octanol–water partition coefficient (Wildman–Crippen LogP) is 5.71. The number of ether oxygens (including phenoxy) is 1. The predicted molar refractivity (Wildman–Crippen MR) is 132 cm³/mol. The summed E-state index contributed by atoms with van der Waals surface area (Å²) < 4.78 is 5.65. The minimum Gasteiger partial charge on any atom is -0.507 e. The van der Waals surface area contributed by atoms with Crippen LogP contribution in [0, 0.1) is 0 Å². The SMILES string of the molecule is CCCOc1ccc(/C(O)=C2\C(=O)C(=O)N(C3CCCCC3)C2c2c[nH]c3ccccc23)cc1. The summed E-state index contributed by atoms with van der Waals surface area (Å²) in [6, 6.07) is 14.2. The maximum atomic E-state index is 13.4. The first-order valence-electron chi connectivity index (χ1n) is 12.2. The van der Waals surface area contributed by atoms with E-state index in [4.69, 9.17) is 4.74 Å². The molecule has 3 aromatic rings. The van der Waals surface area contributed by atoms with Gasteiger partial charge in [0.15, 0.2) is 0 Å². The number of fused-ring (bicyclic) bond motifs is 1. The van der Waals surface area contributed by atoms with E-state index in [0.29, 0.717) is 17.9 Å². The van der Waals surface area contributed by atoms with Gasteiger partial charge in [0.05, 0.1) is 18.2 Å². The Morgan fingerprint density at radius 3 is 2.53 bits per heavy atom. The average Bonchev–Trinajstić information content (AvgIpc) is 3.41. The Morgan fingerprint density at radius 1 is 1.06 bits per heavy atom. The van der Waals surface area contributed by atoms with Gasteiger partial charge in [-0.1, -0.05) is 44.4 Å². The molecular weight excluding hydrogens is 428 g/mol. The molecular formula is C28H30N2O4. The highest BCUT2D eigenvalue weighted by Gasteiger charge is 2.49. The summed E-state index contributed by atoms with van der Waals surface area (Å²) in [5.41, 5.74) is 2.42. The summed E-state index contributed by atoms with van der Waals surface area (Å²) in [5, 5.41) is 12.3. The van der Waals surface area contributed by atoms with Crippen LogP contribution in [0.5, 0.6) is 5.75 Å². The molecule has 34 heavy (non-hydrogen) atoms. The van der Waals surface area contributed by atoms with Crippen molar-refractivity contribution in [1.29, 1.82) is 0 Å². The fraction of sp³-hybridized carbons (Fsp3) is 0.357. The number of aliphatic hydroxyl groups excluding tert-OH is 1. The maximum absolute atomic E-state index is 13.4. The number of aliphatic hydroxyl groups is 1. The largest absolute Gasteiger partial charge is 0.507 e. The van der Waals surface area contributed by atoms with E-state index in [1.165, 1.54) is 0 Å². The fourth-order valence-electron chi connectivity index (χ4n) is 5.30. The van der Waals surface area contributed by atoms with Gasteiger partial charge in [-0.2, -0.15) is 0 Å². The summed E-state index contributed by atoms with van der Waals surface area (Å²) in [6.45, 7) is 2.65. The zero-order valence-electron chi connectivity index (χ0n) is 19.4. The van der Waals surface area contributed by atoms with Crippen molar-refractivity contribution in [2.75, 3.05) is 6.61 Å². The van der Waals surface area contributed by atoms with Gasteiger partial charge in [0, 0.05) is 34.3 Å². The Hall–Kier alpha value is -3.54. The molecule has 176 valence electrons. The van der Waals surface area contributed by atoms with Crippen molar-refractivity contribution < 1.29 is 19.4 Å². The van der Waals surface area contributed by atoms with Crippen molar-refractivity contribution >= 4 is 28.4 Å². The molecule has 1 saturated heterocycles. The highest BCUT2D eigenvalue weighted by Crippen LogP contribution is 2.45. The van der Waals surface area contributed by atoms with Crippen LogP contribution in [-0.2, 0) is 9.59 Å². The molecule has 2 heterocycles. The second-order valence-corrected chi connectivity index (χ2v) is 9.16. The van der Waals surface area contributed by atoms with Gasteiger partial charge in [0.1, 0.15) is 11.5 Å². The molecule has 1 aliphatic carbocycles. The number of H-pyrrole nitrogens is 1. The van der Waals surface area contributed by atoms with Crippen molar-refractivity contribution in [3.05, 3.63) is 71.4 Å². The maximum Gasteiger partial charge on any atom is 0.295 e. The standard InChI is InChI=1S/C28H30N2O4/c1-2-16-34-20-14-12-18(13-15-20)26(31)24-25(22-17-29-23-11-7-6-10-21(22)23)30(28(33)27(24)32)19-8-4-3-5-9-19/h6-7,10-15,17,19,25,29,31H,2-5,8-9,16H2,1H3/b26-24+. The van der Waals surface area contributed by atoms with Crippen LogP contribution in [0.1, 0.15) is 62.6 Å². The molecule has 1 unspecified atom stereocenters. The third-order valence-corrected chi connectivity index (χ3v) is 6.96. The smallest absolute Gasteiger partial charge is 0.295 e. The number of aromatic nitrogens is 1. The summed E-state index contributed by atoms with van der Waals surface area (Å²) >= 11 is 0. The number of nitrogens with one attached hydrogen (secondary N) is 1. The van der Waals surface area contributed by atoms with E-state index in [2.05, 4.69) is 4.98 Å². The molecule has 6 nitrogen and oxygen atoms in total. The van der Waals surface area contributed by atoms with Crippen molar-refractivity contribution in [3.8, 4) is 5.75 Å². The third kappa shape index (κ3) is 3.87. The Labute approximate surface area is 199 Å². The number of carbonyl (C=O) groups excluding carboxylic acids is 2. The van der Waals surface area contributed by atoms with E-state index < -0.39 is 17.7 Å². The lowest BCUT2D eigenvalue weighted by Crippen LogP contribution is -2.40. The van der Waals surface area contributed by atoms with Crippen LogP contribution in [0.25, 0.3) is 16.7 Å². The molecule has 2 fully saturated rings. The van der Waals surface area contributed by atoms with E-state index >= 15 is 0 Å². The summed E-state index contributed by atoms with van der Waals surface area (Å²) in [4.78, 5) is 31.8. The molecule has 5 rings (SSSR count). The summed E-state index contributed by atoms with van der Waals surface area (Å²) in [6.07, 6.45) is 7.72. The first-order valence-corrected chi connectivity index (χ1v) is 12.2. The molecule has 0 bridgehead atoms. The third-order valence-electron chi connectivity index (χ3n) is 6.96. The molecule has 2 aromatic carbocycles. The number of nitrogens with zero attached hydrogens (tertiary/aromatic N) is 1. The molecule has 1 amide bonds. The van der Waals surface area contributed by atoms with Gasteiger partial charge in [0.25, 0.3) is 11.7 Å². The number of Topliss-reactive ketones (excluding diaryl/α,β-unsaturated/α-hetero) is 1. The van der Waals surface area contributed by atoms with Gasteiger partial charge in [-0.05, 0) is 49.6 Å². The lowest BCUT2D eigenvalue weighted by Gasteiger charge is -2.35. The lowest BCUT2D eigenvalue weighted by molar-refractivity contribution is -0.141. The van der Waals surface area contributed by atoms with E-state index in [0.717, 1.165) is 55.0 Å². The first kappa shape index (κ1) is 22.3.